The van der Waals surface area contributed by atoms with E-state index in [0.29, 0.717) is 12.8 Å². The smallest absolute Gasteiger partial charge is 0.308 e. The van der Waals surface area contributed by atoms with Crippen molar-refractivity contribution in [3.63, 3.8) is 0 Å². The van der Waals surface area contributed by atoms with Crippen molar-refractivity contribution in [2.45, 2.75) is 44.9 Å². The Hall–Kier alpha value is -2.03. The van der Waals surface area contributed by atoms with Crippen molar-refractivity contribution < 1.29 is 19.1 Å². The molecule has 0 aromatic heterocycles. The summed E-state index contributed by atoms with van der Waals surface area (Å²) in [5.74, 6) is 1.75. The first-order valence-corrected chi connectivity index (χ1v) is 7.16. The molecule has 0 heterocycles. The Kier molecular flexibility index (Phi) is 11.7. The van der Waals surface area contributed by atoms with Gasteiger partial charge in [-0.1, -0.05) is 18.8 Å². The minimum absolute atomic E-state index is 0.0389. The molecule has 0 aliphatic carbocycles. The van der Waals surface area contributed by atoms with Crippen LogP contribution in [0, 0.1) is 12.3 Å². The molecule has 6 heteroatoms. The number of rotatable bonds is 11. The van der Waals surface area contributed by atoms with Crippen LogP contribution in [-0.4, -0.2) is 38.0 Å². The second-order valence-corrected chi connectivity index (χ2v) is 4.55. The quantitative estimate of drug-likeness (QED) is 0.335. The maximum atomic E-state index is 11.5. The van der Waals surface area contributed by atoms with E-state index in [0.717, 1.165) is 25.7 Å². The topological polar surface area (TPSA) is 84.5 Å². The van der Waals surface area contributed by atoms with Crippen molar-refractivity contribution >= 4 is 17.8 Å². The van der Waals surface area contributed by atoms with Gasteiger partial charge in [-0.2, -0.15) is 0 Å². The highest BCUT2D eigenvalue weighted by Gasteiger charge is 2.05. The second-order valence-electron chi connectivity index (χ2n) is 4.55. The minimum atomic E-state index is -0.414. The van der Waals surface area contributed by atoms with Gasteiger partial charge in [-0.15, -0.1) is 6.42 Å². The molecule has 6 nitrogen and oxygen atoms in total. The maximum absolute atomic E-state index is 11.5. The molecule has 0 bridgehead atoms. The first-order valence-electron chi connectivity index (χ1n) is 7.16. The van der Waals surface area contributed by atoms with Crippen molar-refractivity contribution in [3.8, 4) is 12.3 Å². The summed E-state index contributed by atoms with van der Waals surface area (Å²) in [5.41, 5.74) is 0. The van der Waals surface area contributed by atoms with Crippen LogP contribution in [0.25, 0.3) is 0 Å². The summed E-state index contributed by atoms with van der Waals surface area (Å²) in [6.45, 7) is 0.224. The lowest BCUT2D eigenvalue weighted by molar-refractivity contribution is -0.142. The highest BCUT2D eigenvalue weighted by molar-refractivity contribution is 5.77. The molecule has 0 aromatic carbocycles. The number of hydrogen-bond acceptors (Lipinski definition) is 4. The molecule has 0 saturated carbocycles. The molecule has 2 N–H and O–H groups in total. The third-order valence-corrected chi connectivity index (χ3v) is 2.80. The van der Waals surface area contributed by atoms with Crippen molar-refractivity contribution in [2.24, 2.45) is 0 Å². The summed E-state index contributed by atoms with van der Waals surface area (Å²) in [5, 5.41) is 5.22. The summed E-state index contributed by atoms with van der Waals surface area (Å²) in [7, 11) is 1.62. The number of hydrogen-bond donors (Lipinski definition) is 2. The first kappa shape index (κ1) is 19.0. The number of terminal acetylenes is 1. The highest BCUT2D eigenvalue weighted by atomic mass is 16.5. The second kappa shape index (κ2) is 13.0. The highest BCUT2D eigenvalue weighted by Crippen LogP contribution is 2.05. The number of carbonyl (C=O) groups excluding carboxylic acids is 3. The Morgan fingerprint density at radius 2 is 1.62 bits per heavy atom. The van der Waals surface area contributed by atoms with Gasteiger partial charge in [-0.05, 0) is 12.8 Å². The molecule has 0 aliphatic rings. The predicted octanol–water partition coefficient (Wildman–Crippen LogP) is 0.756. The Bertz CT molecular complexity index is 374. The van der Waals surface area contributed by atoms with Crippen LogP contribution in [0.2, 0.25) is 0 Å². The summed E-state index contributed by atoms with van der Waals surface area (Å²) in [4.78, 5) is 33.5. The standard InChI is InChI=1S/C15H24N2O4/c1-3-12-21-15(20)10-11-17-14(19)9-7-5-4-6-8-13(18)16-2/h1H,4-12H2,2H3,(H,16,18)(H,17,19). The van der Waals surface area contributed by atoms with E-state index in [-0.39, 0.29) is 31.4 Å². The van der Waals surface area contributed by atoms with Crippen molar-refractivity contribution in [1.29, 1.82) is 0 Å². The lowest BCUT2D eigenvalue weighted by atomic mass is 10.1. The van der Waals surface area contributed by atoms with Crippen LogP contribution in [0.4, 0.5) is 0 Å². The lowest BCUT2D eigenvalue weighted by Gasteiger charge is -2.05. The number of esters is 1. The molecule has 0 rings (SSSR count). The van der Waals surface area contributed by atoms with Gasteiger partial charge in [0.05, 0.1) is 6.42 Å². The number of unbranched alkanes of at least 4 members (excludes halogenated alkanes) is 3. The minimum Gasteiger partial charge on any atom is -0.452 e. The zero-order valence-corrected chi connectivity index (χ0v) is 12.6. The average Bonchev–Trinajstić information content (AvgIpc) is 2.48. The van der Waals surface area contributed by atoms with Gasteiger partial charge in [0.1, 0.15) is 0 Å². The molecule has 0 fully saturated rings. The summed E-state index contributed by atoms with van der Waals surface area (Å²) >= 11 is 0. The Labute approximate surface area is 126 Å². The van der Waals surface area contributed by atoms with Crippen molar-refractivity contribution in [3.05, 3.63) is 0 Å². The first-order chi connectivity index (χ1) is 10.1. The Morgan fingerprint density at radius 1 is 1.00 bits per heavy atom. The molecule has 21 heavy (non-hydrogen) atoms. The molecular formula is C15H24N2O4. The molecule has 118 valence electrons. The normalized spacial score (nSPS) is 9.52. The zero-order valence-electron chi connectivity index (χ0n) is 12.6. The molecule has 2 amide bonds. The van der Waals surface area contributed by atoms with E-state index in [4.69, 9.17) is 6.42 Å². The summed E-state index contributed by atoms with van der Waals surface area (Å²) in [6, 6.07) is 0. The fourth-order valence-corrected chi connectivity index (χ4v) is 1.64. The Balaban J connectivity index is 3.41. The van der Waals surface area contributed by atoms with Gasteiger partial charge in [-0.25, -0.2) is 0 Å². The number of amides is 2. The SMILES string of the molecule is C#CCOC(=O)CCNC(=O)CCCCCCC(=O)NC. The maximum Gasteiger partial charge on any atom is 0.308 e. The molecule has 0 atom stereocenters. The molecule has 0 aromatic rings. The van der Waals surface area contributed by atoms with Gasteiger partial charge >= 0.3 is 5.97 Å². The van der Waals surface area contributed by atoms with E-state index in [9.17, 15) is 14.4 Å². The van der Waals surface area contributed by atoms with E-state index >= 15 is 0 Å². The van der Waals surface area contributed by atoms with E-state index < -0.39 is 5.97 Å². The van der Waals surface area contributed by atoms with Crippen LogP contribution in [0.15, 0.2) is 0 Å². The number of ether oxygens (including phenoxy) is 1. The Morgan fingerprint density at radius 3 is 2.19 bits per heavy atom. The van der Waals surface area contributed by atoms with E-state index in [2.05, 4.69) is 21.3 Å². The van der Waals surface area contributed by atoms with Crippen LogP contribution in [-0.2, 0) is 19.1 Å². The van der Waals surface area contributed by atoms with Crippen LogP contribution in [0.5, 0.6) is 0 Å². The van der Waals surface area contributed by atoms with Gasteiger partial charge in [0.25, 0.3) is 0 Å². The van der Waals surface area contributed by atoms with Crippen LogP contribution in [0.1, 0.15) is 44.9 Å². The predicted molar refractivity (Wildman–Crippen MR) is 79.2 cm³/mol. The molecule has 0 saturated heterocycles. The van der Waals surface area contributed by atoms with Crippen molar-refractivity contribution in [1.82, 2.24) is 10.6 Å². The van der Waals surface area contributed by atoms with Gasteiger partial charge in [-0.3, -0.25) is 14.4 Å². The fourth-order valence-electron chi connectivity index (χ4n) is 1.64. The van der Waals surface area contributed by atoms with Crippen LogP contribution >= 0.6 is 0 Å². The molecule has 0 spiro atoms. The third kappa shape index (κ3) is 12.7. The van der Waals surface area contributed by atoms with E-state index in [1.165, 1.54) is 0 Å². The summed E-state index contributed by atoms with van der Waals surface area (Å²) < 4.78 is 4.67. The average molecular weight is 296 g/mol. The molecule has 0 unspecified atom stereocenters. The van der Waals surface area contributed by atoms with Crippen LogP contribution < -0.4 is 10.6 Å². The third-order valence-electron chi connectivity index (χ3n) is 2.80. The molecule has 0 aliphatic heterocycles. The summed E-state index contributed by atoms with van der Waals surface area (Å²) in [6.07, 6.45) is 9.49. The van der Waals surface area contributed by atoms with Gasteiger partial charge in [0.15, 0.2) is 6.61 Å². The van der Waals surface area contributed by atoms with Gasteiger partial charge in [0.2, 0.25) is 11.8 Å². The zero-order chi connectivity index (χ0) is 15.9. The molecule has 0 radical (unpaired) electrons. The monoisotopic (exact) mass is 296 g/mol. The largest absolute Gasteiger partial charge is 0.452 e. The number of carbonyl (C=O) groups is 3. The van der Waals surface area contributed by atoms with Gasteiger partial charge < -0.3 is 15.4 Å². The van der Waals surface area contributed by atoms with Gasteiger partial charge in [0, 0.05) is 26.4 Å². The van der Waals surface area contributed by atoms with Crippen LogP contribution in [0.3, 0.4) is 0 Å². The number of nitrogens with one attached hydrogen (secondary N) is 2. The van der Waals surface area contributed by atoms with Crippen molar-refractivity contribution in [2.75, 3.05) is 20.2 Å². The van der Waals surface area contributed by atoms with E-state index in [1.54, 1.807) is 7.05 Å². The fraction of sp³-hybridized carbons (Fsp3) is 0.667. The van der Waals surface area contributed by atoms with E-state index in [1.807, 2.05) is 0 Å². The lowest BCUT2D eigenvalue weighted by Crippen LogP contribution is -2.26. The molecular weight excluding hydrogens is 272 g/mol.